The van der Waals surface area contributed by atoms with Crippen LogP contribution in [0, 0.1) is 24.0 Å². The molecule has 34 heavy (non-hydrogen) atoms. The minimum atomic E-state index is -4.58. The fourth-order valence-electron chi connectivity index (χ4n) is 3.33. The molecule has 1 N–H and O–H groups in total. The molecule has 2 aromatic carbocycles. The number of nitrogens with one attached hydrogen (secondary N) is 1. The monoisotopic (exact) mass is 496 g/mol. The van der Waals surface area contributed by atoms with Crippen molar-refractivity contribution in [1.29, 1.82) is 0 Å². The molecule has 180 valence electrons. The Balaban J connectivity index is 1.91. The second kappa shape index (κ2) is 9.72. The third-order valence-electron chi connectivity index (χ3n) is 4.99. The Hall–Kier alpha value is -3.60. The second-order valence-electron chi connectivity index (χ2n) is 7.44. The number of benzene rings is 2. The Morgan fingerprint density at radius 2 is 1.94 bits per heavy atom. The van der Waals surface area contributed by atoms with E-state index in [-0.39, 0.29) is 17.2 Å². The zero-order valence-corrected chi connectivity index (χ0v) is 19.1. The molecule has 1 aromatic heterocycles. The summed E-state index contributed by atoms with van der Waals surface area (Å²) in [7, 11) is 0. The molecular formula is C22H20ClF3N4O4. The molecule has 0 aliphatic heterocycles. The molecule has 1 amide bonds. The van der Waals surface area contributed by atoms with Crippen molar-refractivity contribution in [3.8, 4) is 11.5 Å². The summed E-state index contributed by atoms with van der Waals surface area (Å²) in [6.07, 6.45) is -4.23. The molecule has 1 atom stereocenters. The van der Waals surface area contributed by atoms with E-state index in [9.17, 15) is 28.1 Å². The predicted molar refractivity (Wildman–Crippen MR) is 119 cm³/mol. The number of ether oxygens (including phenoxy) is 1. The van der Waals surface area contributed by atoms with E-state index in [2.05, 4.69) is 10.4 Å². The number of carbonyl (C=O) groups is 1. The molecule has 0 saturated heterocycles. The SMILES string of the molecule is CCC(C(=O)Nc1cc(Oc2cccc(C(F)(F)F)c2)cc([N+](=O)[O-])c1)n1nc(C)c(Cl)c1C. The molecule has 0 aliphatic carbocycles. The first-order valence-electron chi connectivity index (χ1n) is 10.1. The van der Waals surface area contributed by atoms with Crippen molar-refractivity contribution < 1.29 is 27.6 Å². The number of hydrogen-bond acceptors (Lipinski definition) is 5. The summed E-state index contributed by atoms with van der Waals surface area (Å²) in [6.45, 7) is 5.19. The number of aryl methyl sites for hydroxylation is 1. The van der Waals surface area contributed by atoms with E-state index >= 15 is 0 Å². The largest absolute Gasteiger partial charge is 0.457 e. The molecule has 0 spiro atoms. The Kier molecular flexibility index (Phi) is 7.15. The third kappa shape index (κ3) is 5.48. The van der Waals surface area contributed by atoms with Crippen LogP contribution in [0.1, 0.15) is 36.3 Å². The van der Waals surface area contributed by atoms with Crippen molar-refractivity contribution in [2.45, 2.75) is 39.4 Å². The normalized spacial score (nSPS) is 12.3. The summed E-state index contributed by atoms with van der Waals surface area (Å²) >= 11 is 6.18. The van der Waals surface area contributed by atoms with Crippen LogP contribution in [-0.2, 0) is 11.0 Å². The lowest BCUT2D eigenvalue weighted by molar-refractivity contribution is -0.384. The quantitative estimate of drug-likeness (QED) is 0.299. The van der Waals surface area contributed by atoms with Crippen molar-refractivity contribution in [2.24, 2.45) is 0 Å². The highest BCUT2D eigenvalue weighted by Crippen LogP contribution is 2.35. The fraction of sp³-hybridized carbons (Fsp3) is 0.273. The van der Waals surface area contributed by atoms with Gasteiger partial charge in [-0.3, -0.25) is 19.6 Å². The van der Waals surface area contributed by atoms with Crippen molar-refractivity contribution in [3.63, 3.8) is 0 Å². The summed E-state index contributed by atoms with van der Waals surface area (Å²) in [5, 5.41) is 18.7. The van der Waals surface area contributed by atoms with Gasteiger partial charge in [-0.2, -0.15) is 18.3 Å². The molecule has 1 unspecified atom stereocenters. The molecule has 0 fully saturated rings. The van der Waals surface area contributed by atoms with Gasteiger partial charge in [-0.1, -0.05) is 24.6 Å². The smallest absolute Gasteiger partial charge is 0.416 e. The number of aromatic nitrogens is 2. The second-order valence-corrected chi connectivity index (χ2v) is 7.82. The third-order valence-corrected chi connectivity index (χ3v) is 5.53. The molecular weight excluding hydrogens is 477 g/mol. The van der Waals surface area contributed by atoms with Crippen molar-refractivity contribution in [3.05, 3.63) is 74.6 Å². The number of halogens is 4. The number of alkyl halides is 3. The standard InChI is InChI=1S/C22H20ClF3N4O4/c1-4-19(29-13(3)20(23)12(2)28-29)21(31)27-15-9-16(30(32)33)11-18(10-15)34-17-7-5-6-14(8-17)22(24,25)26/h5-11,19H,4H2,1-3H3,(H,27,31). The number of non-ortho nitro benzene ring substituents is 1. The summed E-state index contributed by atoms with van der Waals surface area (Å²) in [5.41, 5.74) is -0.168. The Morgan fingerprint density at radius 1 is 1.24 bits per heavy atom. The van der Waals surface area contributed by atoms with E-state index in [1.54, 1.807) is 20.8 Å². The number of nitro groups is 1. The van der Waals surface area contributed by atoms with E-state index in [1.807, 2.05) is 0 Å². The summed E-state index contributed by atoms with van der Waals surface area (Å²) < 4.78 is 45.9. The number of amides is 1. The van der Waals surface area contributed by atoms with Gasteiger partial charge in [0.15, 0.2) is 0 Å². The molecule has 0 radical (unpaired) electrons. The van der Waals surface area contributed by atoms with Crippen LogP contribution in [0.15, 0.2) is 42.5 Å². The average molecular weight is 497 g/mol. The van der Waals surface area contributed by atoms with Gasteiger partial charge in [0.05, 0.1) is 38.7 Å². The van der Waals surface area contributed by atoms with E-state index in [0.29, 0.717) is 22.8 Å². The van der Waals surface area contributed by atoms with Crippen LogP contribution in [0.5, 0.6) is 11.5 Å². The zero-order chi connectivity index (χ0) is 25.2. The Labute approximate surface area is 197 Å². The van der Waals surface area contributed by atoms with Crippen LogP contribution in [0.4, 0.5) is 24.5 Å². The van der Waals surface area contributed by atoms with E-state index in [4.69, 9.17) is 16.3 Å². The summed E-state index contributed by atoms with van der Waals surface area (Å²) in [4.78, 5) is 23.7. The number of nitrogens with zero attached hydrogens (tertiary/aromatic N) is 3. The Bertz CT molecular complexity index is 1240. The maximum absolute atomic E-state index is 13.0. The van der Waals surface area contributed by atoms with Crippen LogP contribution in [-0.4, -0.2) is 20.6 Å². The molecule has 3 aromatic rings. The maximum Gasteiger partial charge on any atom is 0.416 e. The van der Waals surface area contributed by atoms with Crippen LogP contribution in [0.3, 0.4) is 0 Å². The van der Waals surface area contributed by atoms with Crippen molar-refractivity contribution in [2.75, 3.05) is 5.32 Å². The first-order chi connectivity index (χ1) is 15.9. The summed E-state index contributed by atoms with van der Waals surface area (Å²) in [6, 6.07) is 6.80. The van der Waals surface area contributed by atoms with Gasteiger partial charge >= 0.3 is 6.18 Å². The van der Waals surface area contributed by atoms with Gasteiger partial charge in [0, 0.05) is 12.1 Å². The number of nitro benzene ring substituents is 1. The van der Waals surface area contributed by atoms with Crippen LogP contribution in [0.2, 0.25) is 5.02 Å². The van der Waals surface area contributed by atoms with Crippen LogP contribution in [0.25, 0.3) is 0 Å². The first kappa shape index (κ1) is 25.0. The topological polar surface area (TPSA) is 99.3 Å². The molecule has 0 saturated carbocycles. The molecule has 3 rings (SSSR count). The summed E-state index contributed by atoms with van der Waals surface area (Å²) in [5.74, 6) is -0.794. The highest BCUT2D eigenvalue weighted by molar-refractivity contribution is 6.31. The van der Waals surface area contributed by atoms with Crippen molar-refractivity contribution in [1.82, 2.24) is 9.78 Å². The highest BCUT2D eigenvalue weighted by Gasteiger charge is 2.31. The van der Waals surface area contributed by atoms with Gasteiger partial charge in [0.25, 0.3) is 5.69 Å². The average Bonchev–Trinajstić information content (AvgIpc) is 3.01. The Morgan fingerprint density at radius 3 is 2.50 bits per heavy atom. The minimum absolute atomic E-state index is 0.0345. The van der Waals surface area contributed by atoms with E-state index in [1.165, 1.54) is 16.8 Å². The number of carbonyl (C=O) groups excluding carboxylic acids is 1. The van der Waals surface area contributed by atoms with Gasteiger partial charge in [-0.25, -0.2) is 0 Å². The maximum atomic E-state index is 13.0. The van der Waals surface area contributed by atoms with E-state index in [0.717, 1.165) is 30.3 Å². The highest BCUT2D eigenvalue weighted by atomic mass is 35.5. The van der Waals surface area contributed by atoms with Crippen molar-refractivity contribution >= 4 is 28.9 Å². The van der Waals surface area contributed by atoms with Gasteiger partial charge < -0.3 is 10.1 Å². The van der Waals surface area contributed by atoms with Gasteiger partial charge in [0.2, 0.25) is 5.91 Å². The number of anilines is 1. The lowest BCUT2D eigenvalue weighted by atomic mass is 10.2. The van der Waals surface area contributed by atoms with E-state index < -0.39 is 34.3 Å². The van der Waals surface area contributed by atoms with Gasteiger partial charge in [-0.15, -0.1) is 0 Å². The lowest BCUT2D eigenvalue weighted by Gasteiger charge is -2.18. The van der Waals surface area contributed by atoms with Gasteiger partial charge in [-0.05, 0) is 38.5 Å². The molecule has 0 bridgehead atoms. The first-order valence-corrected chi connectivity index (χ1v) is 10.4. The fourth-order valence-corrected chi connectivity index (χ4v) is 3.46. The predicted octanol–water partition coefficient (Wildman–Crippen LogP) is 6.46. The number of hydrogen-bond donors (Lipinski definition) is 1. The lowest BCUT2D eigenvalue weighted by Crippen LogP contribution is -2.27. The minimum Gasteiger partial charge on any atom is -0.457 e. The van der Waals surface area contributed by atoms with Gasteiger partial charge in [0.1, 0.15) is 17.5 Å². The molecule has 12 heteroatoms. The number of rotatable bonds is 7. The molecule has 8 nitrogen and oxygen atoms in total. The molecule has 1 heterocycles. The molecule has 0 aliphatic rings. The zero-order valence-electron chi connectivity index (χ0n) is 18.3. The van der Waals surface area contributed by atoms with Crippen LogP contribution >= 0.6 is 11.6 Å². The van der Waals surface area contributed by atoms with Crippen LogP contribution < -0.4 is 10.1 Å².